The van der Waals surface area contributed by atoms with Crippen molar-refractivity contribution < 1.29 is 18.8 Å². The Balaban J connectivity index is 1.59. The van der Waals surface area contributed by atoms with E-state index in [2.05, 4.69) is 5.32 Å². The van der Waals surface area contributed by atoms with Crippen LogP contribution in [-0.4, -0.2) is 59.6 Å². The van der Waals surface area contributed by atoms with Crippen LogP contribution in [-0.2, 0) is 9.59 Å². The van der Waals surface area contributed by atoms with E-state index in [0.29, 0.717) is 37.3 Å². The zero-order valence-corrected chi connectivity index (χ0v) is 24.3. The standard InChI is InChI=1S/C33H36FN3O3S/c1-20-6-3-4-9-25(20)30(38)26-27(31-21(2)14-19-41-31)29(33(40)36-17-15-35-16-18-36)37(32(39)23-7-5-8-23)28(26)22-10-12-24(34)13-11-22/h3-4,6,9-14,19,23,26-29,35H,5,7-8,15-18H2,1-2H3. The monoisotopic (exact) mass is 573 g/mol. The van der Waals surface area contributed by atoms with E-state index in [-0.39, 0.29) is 29.3 Å². The molecular formula is C33H36FN3O3S. The number of carbonyl (C=O) groups is 3. The van der Waals surface area contributed by atoms with Crippen molar-refractivity contribution in [3.8, 4) is 0 Å². The van der Waals surface area contributed by atoms with Crippen molar-refractivity contribution in [2.75, 3.05) is 26.2 Å². The first-order valence-electron chi connectivity index (χ1n) is 14.6. The molecule has 3 fully saturated rings. The summed E-state index contributed by atoms with van der Waals surface area (Å²) < 4.78 is 14.2. The number of hydrogen-bond acceptors (Lipinski definition) is 5. The van der Waals surface area contributed by atoms with Crippen LogP contribution < -0.4 is 5.32 Å². The summed E-state index contributed by atoms with van der Waals surface area (Å²) in [6.07, 6.45) is 2.53. The number of amides is 2. The summed E-state index contributed by atoms with van der Waals surface area (Å²) in [6.45, 7) is 6.40. The summed E-state index contributed by atoms with van der Waals surface area (Å²) in [7, 11) is 0. The van der Waals surface area contributed by atoms with E-state index in [0.717, 1.165) is 35.3 Å². The van der Waals surface area contributed by atoms with Gasteiger partial charge in [0.25, 0.3) is 0 Å². The van der Waals surface area contributed by atoms with Crippen LogP contribution in [0.5, 0.6) is 0 Å². The number of nitrogens with one attached hydrogen (secondary N) is 1. The highest BCUT2D eigenvalue weighted by atomic mass is 32.1. The van der Waals surface area contributed by atoms with E-state index >= 15 is 0 Å². The Bertz CT molecular complexity index is 1440. The molecule has 1 aromatic heterocycles. The fraction of sp³-hybridized carbons (Fsp3) is 0.424. The number of aryl methyl sites for hydroxylation is 2. The van der Waals surface area contributed by atoms with Crippen LogP contribution in [0.3, 0.4) is 0 Å². The first-order valence-corrected chi connectivity index (χ1v) is 15.5. The van der Waals surface area contributed by atoms with Crippen molar-refractivity contribution in [3.63, 3.8) is 0 Å². The normalized spacial score (nSPS) is 24.8. The first-order chi connectivity index (χ1) is 19.9. The highest BCUT2D eigenvalue weighted by Crippen LogP contribution is 2.54. The van der Waals surface area contributed by atoms with Crippen molar-refractivity contribution in [2.24, 2.45) is 11.8 Å². The number of halogens is 1. The smallest absolute Gasteiger partial charge is 0.246 e. The van der Waals surface area contributed by atoms with Crippen molar-refractivity contribution in [1.82, 2.24) is 15.1 Å². The van der Waals surface area contributed by atoms with Crippen molar-refractivity contribution >= 4 is 28.9 Å². The molecule has 6 rings (SSSR count). The Labute approximate surface area is 244 Å². The summed E-state index contributed by atoms with van der Waals surface area (Å²) in [5.41, 5.74) is 3.14. The average molecular weight is 574 g/mol. The maximum absolute atomic E-state index is 14.8. The molecule has 0 bridgehead atoms. The number of carbonyl (C=O) groups excluding carboxylic acids is 3. The van der Waals surface area contributed by atoms with Crippen molar-refractivity contribution in [1.29, 1.82) is 0 Å². The summed E-state index contributed by atoms with van der Waals surface area (Å²) >= 11 is 1.54. The van der Waals surface area contributed by atoms with E-state index in [1.807, 2.05) is 54.5 Å². The van der Waals surface area contributed by atoms with Gasteiger partial charge in [-0.15, -0.1) is 11.3 Å². The molecule has 0 spiro atoms. The highest BCUT2D eigenvalue weighted by molar-refractivity contribution is 7.10. The molecule has 2 aromatic carbocycles. The second-order valence-electron chi connectivity index (χ2n) is 11.6. The van der Waals surface area contributed by atoms with Crippen LogP contribution in [0.2, 0.25) is 0 Å². The van der Waals surface area contributed by atoms with Gasteiger partial charge in [0.15, 0.2) is 5.78 Å². The van der Waals surface area contributed by atoms with Gasteiger partial charge < -0.3 is 15.1 Å². The third-order valence-electron chi connectivity index (χ3n) is 9.19. The molecule has 0 radical (unpaired) electrons. The lowest BCUT2D eigenvalue weighted by molar-refractivity contribution is -0.150. The zero-order chi connectivity index (χ0) is 28.7. The lowest BCUT2D eigenvalue weighted by Crippen LogP contribution is -2.56. The summed E-state index contributed by atoms with van der Waals surface area (Å²) in [5.74, 6) is -2.05. The number of thiophene rings is 1. The van der Waals surface area contributed by atoms with Crippen molar-refractivity contribution in [2.45, 2.75) is 51.1 Å². The Hall–Kier alpha value is -3.36. The highest BCUT2D eigenvalue weighted by Gasteiger charge is 2.59. The molecule has 214 valence electrons. The molecule has 1 aliphatic carbocycles. The third-order valence-corrected chi connectivity index (χ3v) is 10.3. The van der Waals surface area contributed by atoms with Crippen LogP contribution in [0, 0.1) is 31.5 Å². The van der Waals surface area contributed by atoms with Gasteiger partial charge in [-0.05, 0) is 67.0 Å². The van der Waals surface area contributed by atoms with Crippen LogP contribution in [0.25, 0.3) is 0 Å². The number of rotatable bonds is 6. The van der Waals surface area contributed by atoms with Gasteiger partial charge in [-0.25, -0.2) is 4.39 Å². The SMILES string of the molecule is Cc1ccccc1C(=O)C1C(c2sccc2C)C(C(=O)N2CCNCC2)N(C(=O)C2CCC2)C1c1ccc(F)cc1. The second kappa shape index (κ2) is 11.5. The molecule has 3 aromatic rings. The fourth-order valence-corrected chi connectivity index (χ4v) is 7.90. The lowest BCUT2D eigenvalue weighted by Gasteiger charge is -2.39. The molecule has 1 N–H and O–H groups in total. The summed E-state index contributed by atoms with van der Waals surface area (Å²) in [6, 6.07) is 14.1. The van der Waals surface area contributed by atoms with Crippen LogP contribution >= 0.6 is 11.3 Å². The minimum absolute atomic E-state index is 0.0710. The molecular weight excluding hydrogens is 537 g/mol. The minimum atomic E-state index is -0.827. The summed E-state index contributed by atoms with van der Waals surface area (Å²) in [5, 5.41) is 5.31. The molecule has 4 unspecified atom stereocenters. The molecule has 2 saturated heterocycles. The quantitative estimate of drug-likeness (QED) is 0.408. The molecule has 4 atom stereocenters. The maximum Gasteiger partial charge on any atom is 0.246 e. The molecule has 8 heteroatoms. The topological polar surface area (TPSA) is 69.7 Å². The molecule has 3 heterocycles. The molecule has 3 aliphatic rings. The van der Waals surface area contributed by atoms with Gasteiger partial charge in [0.1, 0.15) is 11.9 Å². The summed E-state index contributed by atoms with van der Waals surface area (Å²) in [4.78, 5) is 48.3. The number of ketones is 1. The number of benzene rings is 2. The Morgan fingerprint density at radius 1 is 0.902 bits per heavy atom. The lowest BCUT2D eigenvalue weighted by atomic mass is 9.77. The second-order valence-corrected chi connectivity index (χ2v) is 12.5. The number of hydrogen-bond donors (Lipinski definition) is 1. The van der Waals surface area contributed by atoms with E-state index in [1.54, 1.807) is 28.4 Å². The van der Waals surface area contributed by atoms with E-state index < -0.39 is 23.9 Å². The van der Waals surface area contributed by atoms with E-state index in [9.17, 15) is 18.8 Å². The van der Waals surface area contributed by atoms with Crippen LogP contribution in [0.15, 0.2) is 60.0 Å². The molecule has 6 nitrogen and oxygen atoms in total. The first kappa shape index (κ1) is 27.8. The van der Waals surface area contributed by atoms with Crippen molar-refractivity contribution in [3.05, 3.63) is 92.9 Å². The Morgan fingerprint density at radius 2 is 1.61 bits per heavy atom. The number of piperazine rings is 1. The van der Waals surface area contributed by atoms with E-state index in [4.69, 9.17) is 0 Å². The van der Waals surface area contributed by atoms with Gasteiger partial charge in [0, 0.05) is 48.5 Å². The zero-order valence-electron chi connectivity index (χ0n) is 23.5. The van der Waals surface area contributed by atoms with Gasteiger partial charge in [-0.2, -0.15) is 0 Å². The number of Topliss-reactive ketones (excluding diaryl/α,β-unsaturated/α-hetero) is 1. The molecule has 1 saturated carbocycles. The van der Waals surface area contributed by atoms with Gasteiger partial charge in [-0.1, -0.05) is 42.8 Å². The van der Waals surface area contributed by atoms with Crippen LogP contribution in [0.1, 0.15) is 63.1 Å². The molecule has 2 amide bonds. The average Bonchev–Trinajstić information content (AvgIpc) is 3.53. The Kier molecular flexibility index (Phi) is 7.79. The number of nitrogens with zero attached hydrogens (tertiary/aromatic N) is 2. The third kappa shape index (κ3) is 5.01. The van der Waals surface area contributed by atoms with Gasteiger partial charge in [0.2, 0.25) is 11.8 Å². The van der Waals surface area contributed by atoms with Gasteiger partial charge >= 0.3 is 0 Å². The Morgan fingerprint density at radius 3 is 2.22 bits per heavy atom. The maximum atomic E-state index is 14.8. The largest absolute Gasteiger partial charge is 0.338 e. The van der Waals surface area contributed by atoms with Gasteiger partial charge in [0.05, 0.1) is 12.0 Å². The molecule has 41 heavy (non-hydrogen) atoms. The minimum Gasteiger partial charge on any atom is -0.338 e. The van der Waals surface area contributed by atoms with Crippen LogP contribution in [0.4, 0.5) is 4.39 Å². The predicted molar refractivity (Wildman–Crippen MR) is 157 cm³/mol. The van der Waals surface area contributed by atoms with Gasteiger partial charge in [-0.3, -0.25) is 14.4 Å². The fourth-order valence-electron chi connectivity index (χ4n) is 6.79. The van der Waals surface area contributed by atoms with E-state index in [1.165, 1.54) is 12.1 Å². The number of likely N-dealkylation sites (tertiary alicyclic amines) is 1. The predicted octanol–water partition coefficient (Wildman–Crippen LogP) is 5.27. The molecule has 2 aliphatic heterocycles.